The van der Waals surface area contributed by atoms with Crippen molar-refractivity contribution in [3.8, 4) is 5.69 Å². The third-order valence-electron chi connectivity index (χ3n) is 5.90. The zero-order valence-electron chi connectivity index (χ0n) is 17.4. The number of nitrogens with zero attached hydrogens (tertiary/aromatic N) is 3. The van der Waals surface area contributed by atoms with Crippen molar-refractivity contribution in [1.29, 1.82) is 0 Å². The lowest BCUT2D eigenvalue weighted by atomic mass is 9.92. The molecule has 1 atom stereocenters. The summed E-state index contributed by atoms with van der Waals surface area (Å²) in [4.78, 5) is 26.9. The lowest BCUT2D eigenvalue weighted by Crippen LogP contribution is -2.40. The fraction of sp³-hybridized carbons (Fsp3) is 0.522. The number of amides is 2. The molecule has 6 nitrogen and oxygen atoms in total. The zero-order valence-corrected chi connectivity index (χ0v) is 17.4. The van der Waals surface area contributed by atoms with E-state index in [2.05, 4.69) is 10.4 Å². The van der Waals surface area contributed by atoms with Crippen molar-refractivity contribution >= 4 is 11.8 Å². The van der Waals surface area contributed by atoms with Crippen molar-refractivity contribution < 1.29 is 9.59 Å². The first kappa shape index (κ1) is 19.7. The smallest absolute Gasteiger partial charge is 0.253 e. The maximum absolute atomic E-state index is 13.0. The van der Waals surface area contributed by atoms with Crippen molar-refractivity contribution in [1.82, 2.24) is 20.0 Å². The van der Waals surface area contributed by atoms with E-state index in [1.165, 1.54) is 0 Å². The number of aryl methyl sites for hydroxylation is 2. The largest absolute Gasteiger partial charge is 0.353 e. The highest BCUT2D eigenvalue weighted by Gasteiger charge is 2.26. The van der Waals surface area contributed by atoms with Crippen LogP contribution in [0.5, 0.6) is 0 Å². The Morgan fingerprint density at radius 1 is 1.14 bits per heavy atom. The number of carbonyl (C=O) groups excluding carboxylic acids is 2. The van der Waals surface area contributed by atoms with Gasteiger partial charge in [0, 0.05) is 36.8 Å². The van der Waals surface area contributed by atoms with Crippen LogP contribution in [-0.2, 0) is 4.79 Å². The van der Waals surface area contributed by atoms with E-state index in [4.69, 9.17) is 0 Å². The minimum Gasteiger partial charge on any atom is -0.353 e. The summed E-state index contributed by atoms with van der Waals surface area (Å²) in [7, 11) is 0. The van der Waals surface area contributed by atoms with E-state index < -0.39 is 0 Å². The fourth-order valence-corrected chi connectivity index (χ4v) is 4.17. The molecule has 0 bridgehead atoms. The summed E-state index contributed by atoms with van der Waals surface area (Å²) in [5, 5.41) is 7.55. The molecule has 6 heteroatoms. The number of rotatable bonds is 6. The van der Waals surface area contributed by atoms with E-state index in [1.807, 2.05) is 53.8 Å². The van der Waals surface area contributed by atoms with Crippen LogP contribution in [0.3, 0.4) is 0 Å². The fourth-order valence-electron chi connectivity index (χ4n) is 4.17. The van der Waals surface area contributed by atoms with E-state index in [0.717, 1.165) is 62.3 Å². The summed E-state index contributed by atoms with van der Waals surface area (Å²) in [6.07, 6.45) is 5.77. The van der Waals surface area contributed by atoms with Gasteiger partial charge in [-0.05, 0) is 82.2 Å². The van der Waals surface area contributed by atoms with Gasteiger partial charge in [0.15, 0.2) is 0 Å². The maximum Gasteiger partial charge on any atom is 0.253 e. The summed E-state index contributed by atoms with van der Waals surface area (Å²) in [6, 6.07) is 10.1. The zero-order chi connectivity index (χ0) is 20.4. The Labute approximate surface area is 172 Å². The second kappa shape index (κ2) is 8.39. The molecule has 1 aliphatic heterocycles. The predicted octanol–water partition coefficient (Wildman–Crippen LogP) is 3.40. The molecule has 1 aromatic heterocycles. The van der Waals surface area contributed by atoms with Crippen LogP contribution >= 0.6 is 0 Å². The standard InChI is InChI=1S/C23H30N4O2/c1-16-14-17(2)27(25-16)21-10-6-19(7-11-21)23(29)26-13-3-4-18(15-26)5-12-22(28)24-20-8-9-20/h6-7,10-11,14,18,20H,3-5,8-9,12-13,15H2,1-2H3,(H,24,28)/t18-/m0/s1. The number of hydrogen-bond donors (Lipinski definition) is 1. The molecule has 2 aliphatic rings. The third-order valence-corrected chi connectivity index (χ3v) is 5.90. The molecule has 1 saturated heterocycles. The van der Waals surface area contributed by atoms with Gasteiger partial charge in [-0.25, -0.2) is 4.68 Å². The normalized spacial score (nSPS) is 19.2. The first-order valence-electron chi connectivity index (χ1n) is 10.7. The molecule has 29 heavy (non-hydrogen) atoms. The molecule has 154 valence electrons. The summed E-state index contributed by atoms with van der Waals surface area (Å²) >= 11 is 0. The van der Waals surface area contributed by atoms with Crippen LogP contribution < -0.4 is 5.32 Å². The van der Waals surface area contributed by atoms with Gasteiger partial charge >= 0.3 is 0 Å². The SMILES string of the molecule is Cc1cc(C)n(-c2ccc(C(=O)N3CCC[C@@H](CCC(=O)NC4CC4)C3)cc2)n1. The highest BCUT2D eigenvalue weighted by atomic mass is 16.2. The second-order valence-electron chi connectivity index (χ2n) is 8.53. The molecule has 0 spiro atoms. The van der Waals surface area contributed by atoms with Crippen molar-refractivity contribution in [2.45, 2.75) is 58.4 Å². The van der Waals surface area contributed by atoms with Gasteiger partial charge in [0.1, 0.15) is 0 Å². The van der Waals surface area contributed by atoms with Crippen LogP contribution in [0.25, 0.3) is 5.69 Å². The van der Waals surface area contributed by atoms with Gasteiger partial charge in [-0.15, -0.1) is 0 Å². The minimum atomic E-state index is 0.0806. The highest BCUT2D eigenvalue weighted by Crippen LogP contribution is 2.24. The number of benzene rings is 1. The van der Waals surface area contributed by atoms with Gasteiger partial charge in [0.05, 0.1) is 11.4 Å². The van der Waals surface area contributed by atoms with E-state index in [0.29, 0.717) is 23.9 Å². The molecular weight excluding hydrogens is 364 g/mol. The Kier molecular flexibility index (Phi) is 5.69. The van der Waals surface area contributed by atoms with Crippen LogP contribution in [0.1, 0.15) is 60.3 Å². The molecule has 2 fully saturated rings. The van der Waals surface area contributed by atoms with E-state index in [1.54, 1.807) is 0 Å². The molecule has 1 aliphatic carbocycles. The van der Waals surface area contributed by atoms with Crippen LogP contribution in [-0.4, -0.2) is 45.6 Å². The van der Waals surface area contributed by atoms with E-state index >= 15 is 0 Å². The van der Waals surface area contributed by atoms with Crippen LogP contribution in [0.2, 0.25) is 0 Å². The summed E-state index contributed by atoms with van der Waals surface area (Å²) in [6.45, 7) is 5.54. The molecule has 2 amide bonds. The minimum absolute atomic E-state index is 0.0806. The van der Waals surface area contributed by atoms with Gasteiger partial charge in [-0.2, -0.15) is 5.10 Å². The topological polar surface area (TPSA) is 67.2 Å². The number of likely N-dealkylation sites (tertiary alicyclic amines) is 1. The number of carbonyl (C=O) groups is 2. The molecule has 0 unspecified atom stereocenters. The third kappa shape index (κ3) is 4.86. The molecular formula is C23H30N4O2. The maximum atomic E-state index is 13.0. The Hall–Kier alpha value is -2.63. The molecule has 0 radical (unpaired) electrons. The monoisotopic (exact) mass is 394 g/mol. The van der Waals surface area contributed by atoms with Gasteiger partial charge in [-0.3, -0.25) is 9.59 Å². The average Bonchev–Trinajstić information content (AvgIpc) is 3.47. The summed E-state index contributed by atoms with van der Waals surface area (Å²) < 4.78 is 1.90. The van der Waals surface area contributed by atoms with Crippen molar-refractivity contribution in [3.05, 3.63) is 47.3 Å². The molecule has 4 rings (SSSR count). The quantitative estimate of drug-likeness (QED) is 0.817. The van der Waals surface area contributed by atoms with Gasteiger partial charge in [-0.1, -0.05) is 0 Å². The number of piperidine rings is 1. The number of aromatic nitrogens is 2. The van der Waals surface area contributed by atoms with Gasteiger partial charge < -0.3 is 10.2 Å². The first-order valence-corrected chi connectivity index (χ1v) is 10.7. The van der Waals surface area contributed by atoms with Crippen molar-refractivity contribution in [2.75, 3.05) is 13.1 Å². The average molecular weight is 395 g/mol. The van der Waals surface area contributed by atoms with Crippen LogP contribution in [0.15, 0.2) is 30.3 Å². The Morgan fingerprint density at radius 2 is 1.90 bits per heavy atom. The van der Waals surface area contributed by atoms with Crippen molar-refractivity contribution in [3.63, 3.8) is 0 Å². The van der Waals surface area contributed by atoms with Gasteiger partial charge in [0.25, 0.3) is 5.91 Å². The summed E-state index contributed by atoms with van der Waals surface area (Å²) in [5.74, 6) is 0.652. The van der Waals surface area contributed by atoms with E-state index in [9.17, 15) is 9.59 Å². The summed E-state index contributed by atoms with van der Waals surface area (Å²) in [5.41, 5.74) is 3.73. The molecule has 2 aromatic rings. The number of hydrogen-bond acceptors (Lipinski definition) is 3. The Bertz CT molecular complexity index is 883. The van der Waals surface area contributed by atoms with Crippen LogP contribution in [0, 0.1) is 19.8 Å². The molecule has 1 saturated carbocycles. The van der Waals surface area contributed by atoms with Crippen LogP contribution in [0.4, 0.5) is 0 Å². The predicted molar refractivity (Wildman–Crippen MR) is 112 cm³/mol. The lowest BCUT2D eigenvalue weighted by Gasteiger charge is -2.33. The van der Waals surface area contributed by atoms with E-state index in [-0.39, 0.29) is 11.8 Å². The Balaban J connectivity index is 1.34. The molecule has 1 N–H and O–H groups in total. The number of nitrogens with one attached hydrogen (secondary N) is 1. The lowest BCUT2D eigenvalue weighted by molar-refractivity contribution is -0.121. The van der Waals surface area contributed by atoms with Gasteiger partial charge in [0.2, 0.25) is 5.91 Å². The Morgan fingerprint density at radius 3 is 2.55 bits per heavy atom. The highest BCUT2D eigenvalue weighted by molar-refractivity contribution is 5.94. The molecule has 1 aromatic carbocycles. The molecule has 2 heterocycles. The first-order chi connectivity index (χ1) is 14.0. The second-order valence-corrected chi connectivity index (χ2v) is 8.53. The van der Waals surface area contributed by atoms with Crippen molar-refractivity contribution in [2.24, 2.45) is 5.92 Å².